The van der Waals surface area contributed by atoms with Crippen molar-refractivity contribution in [1.29, 1.82) is 0 Å². The Morgan fingerprint density at radius 1 is 0.895 bits per heavy atom. The number of carbonyl (C=O) groups is 3. The first kappa shape index (κ1) is 25.3. The van der Waals surface area contributed by atoms with Gasteiger partial charge in [-0.3, -0.25) is 4.79 Å². The number of hydrogen-bond donors (Lipinski definition) is 2. The van der Waals surface area contributed by atoms with E-state index in [9.17, 15) is 19.5 Å². The number of alkyl carbamates (subject to hydrolysis) is 1. The lowest BCUT2D eigenvalue weighted by Crippen LogP contribution is -2.42. The lowest BCUT2D eigenvalue weighted by atomic mass is 9.98. The van der Waals surface area contributed by atoms with Crippen LogP contribution in [0.1, 0.15) is 35.4 Å². The van der Waals surface area contributed by atoms with Gasteiger partial charge >= 0.3 is 12.1 Å². The van der Waals surface area contributed by atoms with Crippen LogP contribution in [0.2, 0.25) is 0 Å². The minimum absolute atomic E-state index is 0.0273. The maximum absolute atomic E-state index is 12.6. The number of nitrogens with one attached hydrogen (secondary N) is 1. The van der Waals surface area contributed by atoms with Gasteiger partial charge in [-0.15, -0.1) is 0 Å². The summed E-state index contributed by atoms with van der Waals surface area (Å²) in [5, 5.41) is 12.2. The van der Waals surface area contributed by atoms with Crippen LogP contribution in [-0.2, 0) is 20.7 Å². The maximum Gasteiger partial charge on any atom is 0.407 e. The standard InChI is InChI=1S/C30H30N2O6/c33-28(32-15-5-6-16-32)19-37-21-13-11-20(12-14-21)17-27(29(34)35)31-30(36)38-18-26-24-9-3-1-7-22(24)23-8-2-4-10-25(23)26/h1-4,7-14,26-27H,5-6,15-19H2,(H,31,36)(H,34,35). The van der Waals surface area contributed by atoms with Crippen LogP contribution in [-0.4, -0.2) is 60.3 Å². The van der Waals surface area contributed by atoms with E-state index in [1.54, 1.807) is 29.2 Å². The molecule has 2 N–H and O–H groups in total. The van der Waals surface area contributed by atoms with E-state index in [2.05, 4.69) is 17.4 Å². The second-order valence-corrected chi connectivity index (χ2v) is 9.59. The van der Waals surface area contributed by atoms with Crippen molar-refractivity contribution in [2.24, 2.45) is 0 Å². The van der Waals surface area contributed by atoms with Crippen molar-refractivity contribution in [3.05, 3.63) is 89.5 Å². The van der Waals surface area contributed by atoms with E-state index in [4.69, 9.17) is 9.47 Å². The number of nitrogens with zero attached hydrogens (tertiary/aromatic N) is 1. The number of benzene rings is 3. The number of hydrogen-bond acceptors (Lipinski definition) is 5. The smallest absolute Gasteiger partial charge is 0.407 e. The van der Waals surface area contributed by atoms with Gasteiger partial charge in [0.1, 0.15) is 18.4 Å². The van der Waals surface area contributed by atoms with Crippen molar-refractivity contribution in [2.45, 2.75) is 31.2 Å². The molecule has 5 rings (SSSR count). The molecule has 38 heavy (non-hydrogen) atoms. The lowest BCUT2D eigenvalue weighted by molar-refractivity contribution is -0.139. The fraction of sp³-hybridized carbons (Fsp3) is 0.300. The quantitative estimate of drug-likeness (QED) is 0.443. The largest absolute Gasteiger partial charge is 0.484 e. The number of likely N-dealkylation sites (tertiary alicyclic amines) is 1. The molecule has 1 atom stereocenters. The maximum atomic E-state index is 12.6. The highest BCUT2D eigenvalue weighted by molar-refractivity contribution is 5.81. The number of fused-ring (bicyclic) bond motifs is 3. The molecule has 2 aliphatic rings. The Hall–Kier alpha value is -4.33. The summed E-state index contributed by atoms with van der Waals surface area (Å²) in [5.41, 5.74) is 5.11. The molecule has 0 bridgehead atoms. The molecule has 8 heteroatoms. The van der Waals surface area contributed by atoms with Gasteiger partial charge in [0.05, 0.1) is 0 Å². The van der Waals surface area contributed by atoms with Gasteiger partial charge in [-0.05, 0) is 52.8 Å². The van der Waals surface area contributed by atoms with E-state index in [0.717, 1.165) is 48.2 Å². The van der Waals surface area contributed by atoms with Gasteiger partial charge in [0, 0.05) is 25.4 Å². The molecule has 1 saturated heterocycles. The van der Waals surface area contributed by atoms with Crippen molar-refractivity contribution in [1.82, 2.24) is 10.2 Å². The Balaban J connectivity index is 1.15. The van der Waals surface area contributed by atoms with E-state index >= 15 is 0 Å². The summed E-state index contributed by atoms with van der Waals surface area (Å²) in [5.74, 6) is -0.779. The third-order valence-electron chi connectivity index (χ3n) is 7.12. The molecule has 3 aromatic rings. The first-order chi connectivity index (χ1) is 18.5. The molecule has 196 valence electrons. The zero-order valence-electron chi connectivity index (χ0n) is 21.0. The van der Waals surface area contributed by atoms with E-state index in [1.807, 2.05) is 36.4 Å². The average molecular weight is 515 g/mol. The van der Waals surface area contributed by atoms with Crippen LogP contribution in [0.3, 0.4) is 0 Å². The number of amides is 2. The van der Waals surface area contributed by atoms with Crippen LogP contribution < -0.4 is 10.1 Å². The molecule has 0 aromatic heterocycles. The highest BCUT2D eigenvalue weighted by atomic mass is 16.5. The lowest BCUT2D eigenvalue weighted by Gasteiger charge is -2.18. The van der Waals surface area contributed by atoms with Crippen LogP contribution in [0.25, 0.3) is 11.1 Å². The molecule has 1 heterocycles. The summed E-state index contributed by atoms with van der Waals surface area (Å²) in [6.07, 6.45) is 1.34. The van der Waals surface area contributed by atoms with Crippen molar-refractivity contribution in [3.8, 4) is 16.9 Å². The Bertz CT molecular complexity index is 1270. The third-order valence-corrected chi connectivity index (χ3v) is 7.12. The van der Waals surface area contributed by atoms with Crippen molar-refractivity contribution < 1.29 is 29.0 Å². The van der Waals surface area contributed by atoms with E-state index < -0.39 is 18.1 Å². The molecule has 0 saturated carbocycles. The van der Waals surface area contributed by atoms with Crippen LogP contribution in [0.4, 0.5) is 4.79 Å². The minimum Gasteiger partial charge on any atom is -0.484 e. The first-order valence-corrected chi connectivity index (χ1v) is 12.8. The van der Waals surface area contributed by atoms with Gasteiger partial charge in [-0.25, -0.2) is 9.59 Å². The fourth-order valence-electron chi connectivity index (χ4n) is 5.14. The van der Waals surface area contributed by atoms with Gasteiger partial charge < -0.3 is 24.8 Å². The molecule has 0 spiro atoms. The Morgan fingerprint density at radius 3 is 2.11 bits per heavy atom. The zero-order chi connectivity index (χ0) is 26.5. The summed E-state index contributed by atoms with van der Waals surface area (Å²) < 4.78 is 11.1. The SMILES string of the molecule is O=C(NC(Cc1ccc(OCC(=O)N2CCCC2)cc1)C(=O)O)OCC1c2ccccc2-c2ccccc21. The van der Waals surface area contributed by atoms with Gasteiger partial charge in [0.2, 0.25) is 0 Å². The van der Waals surface area contributed by atoms with E-state index in [-0.39, 0.29) is 31.5 Å². The Morgan fingerprint density at radius 2 is 1.50 bits per heavy atom. The molecule has 1 fully saturated rings. The number of aliphatic carboxylic acids is 1. The van der Waals surface area contributed by atoms with Crippen LogP contribution in [0, 0.1) is 0 Å². The second kappa shape index (κ2) is 11.4. The highest BCUT2D eigenvalue weighted by Gasteiger charge is 2.30. The molecule has 0 radical (unpaired) electrons. The fourth-order valence-corrected chi connectivity index (χ4v) is 5.14. The number of carboxylic acids is 1. The zero-order valence-corrected chi connectivity index (χ0v) is 21.0. The molecular formula is C30H30N2O6. The van der Waals surface area contributed by atoms with E-state index in [0.29, 0.717) is 11.3 Å². The molecule has 1 unspecified atom stereocenters. The summed E-state index contributed by atoms with van der Waals surface area (Å²) >= 11 is 0. The van der Waals surface area contributed by atoms with Gasteiger partial charge in [0.15, 0.2) is 6.61 Å². The Labute approximate surface area is 221 Å². The average Bonchev–Trinajstić information content (AvgIpc) is 3.58. The predicted octanol–water partition coefficient (Wildman–Crippen LogP) is 4.22. The van der Waals surface area contributed by atoms with Crippen LogP contribution >= 0.6 is 0 Å². The van der Waals surface area contributed by atoms with Crippen molar-refractivity contribution >= 4 is 18.0 Å². The van der Waals surface area contributed by atoms with Crippen LogP contribution in [0.15, 0.2) is 72.8 Å². The topological polar surface area (TPSA) is 105 Å². The molecule has 1 aliphatic heterocycles. The summed E-state index contributed by atoms with van der Waals surface area (Å²) in [4.78, 5) is 38.4. The molecule has 1 aliphatic carbocycles. The molecular weight excluding hydrogens is 484 g/mol. The first-order valence-electron chi connectivity index (χ1n) is 12.8. The Kier molecular flexibility index (Phi) is 7.58. The monoisotopic (exact) mass is 514 g/mol. The molecule has 3 aromatic carbocycles. The number of carboxylic acid groups (broad SMARTS) is 1. The predicted molar refractivity (Wildman–Crippen MR) is 141 cm³/mol. The second-order valence-electron chi connectivity index (χ2n) is 9.59. The summed E-state index contributed by atoms with van der Waals surface area (Å²) in [6.45, 7) is 1.62. The highest BCUT2D eigenvalue weighted by Crippen LogP contribution is 2.44. The third kappa shape index (κ3) is 5.64. The number of rotatable bonds is 9. The molecule has 8 nitrogen and oxygen atoms in total. The number of ether oxygens (including phenoxy) is 2. The van der Waals surface area contributed by atoms with Gasteiger partial charge in [-0.2, -0.15) is 0 Å². The van der Waals surface area contributed by atoms with Crippen molar-refractivity contribution in [3.63, 3.8) is 0 Å². The van der Waals surface area contributed by atoms with E-state index in [1.165, 1.54) is 0 Å². The van der Waals surface area contributed by atoms with Gasteiger partial charge in [-0.1, -0.05) is 60.7 Å². The summed E-state index contributed by atoms with van der Waals surface area (Å²) in [7, 11) is 0. The summed E-state index contributed by atoms with van der Waals surface area (Å²) in [6, 6.07) is 21.7. The minimum atomic E-state index is -1.16. The number of carbonyl (C=O) groups excluding carboxylic acids is 2. The van der Waals surface area contributed by atoms with Gasteiger partial charge in [0.25, 0.3) is 5.91 Å². The normalized spacial score (nSPS) is 14.9. The van der Waals surface area contributed by atoms with Crippen molar-refractivity contribution in [2.75, 3.05) is 26.3 Å². The molecule has 2 amide bonds. The van der Waals surface area contributed by atoms with Crippen LogP contribution in [0.5, 0.6) is 5.75 Å².